The zero-order valence-corrected chi connectivity index (χ0v) is 13.2. The zero-order chi connectivity index (χ0) is 15.0. The molecule has 1 aromatic carbocycles. The fraction of sp³-hybridized carbons (Fsp3) is 0.600. The SMILES string of the molecule is CC(C)CCS(=O)(=O)CCCOc1ccc(CN)cc1. The van der Waals surface area contributed by atoms with Crippen molar-refractivity contribution in [2.75, 3.05) is 18.1 Å². The van der Waals surface area contributed by atoms with Gasteiger partial charge in [-0.3, -0.25) is 0 Å². The molecule has 0 aromatic heterocycles. The van der Waals surface area contributed by atoms with Crippen LogP contribution in [0, 0.1) is 5.92 Å². The lowest BCUT2D eigenvalue weighted by molar-refractivity contribution is 0.317. The molecule has 4 nitrogen and oxygen atoms in total. The number of sulfone groups is 1. The molecule has 1 rings (SSSR count). The Bertz CT molecular complexity index is 480. The van der Waals surface area contributed by atoms with Gasteiger partial charge in [0, 0.05) is 6.54 Å². The highest BCUT2D eigenvalue weighted by atomic mass is 32.2. The van der Waals surface area contributed by atoms with Crippen LogP contribution in [0.3, 0.4) is 0 Å². The lowest BCUT2D eigenvalue weighted by Crippen LogP contribution is -2.15. The summed E-state index contributed by atoms with van der Waals surface area (Å²) in [6, 6.07) is 7.54. The Morgan fingerprint density at radius 1 is 1.15 bits per heavy atom. The van der Waals surface area contributed by atoms with Crippen LogP contribution in [0.25, 0.3) is 0 Å². The van der Waals surface area contributed by atoms with Crippen molar-refractivity contribution in [2.24, 2.45) is 11.7 Å². The van der Waals surface area contributed by atoms with Gasteiger partial charge in [-0.05, 0) is 36.5 Å². The smallest absolute Gasteiger partial charge is 0.150 e. The van der Waals surface area contributed by atoms with E-state index in [0.717, 1.165) is 17.7 Å². The van der Waals surface area contributed by atoms with Gasteiger partial charge in [0.1, 0.15) is 15.6 Å². The lowest BCUT2D eigenvalue weighted by atomic mass is 10.2. The summed E-state index contributed by atoms with van der Waals surface area (Å²) < 4.78 is 29.0. The van der Waals surface area contributed by atoms with Crippen LogP contribution in [-0.2, 0) is 16.4 Å². The third-order valence-corrected chi connectivity index (χ3v) is 4.80. The van der Waals surface area contributed by atoms with Gasteiger partial charge in [-0.2, -0.15) is 0 Å². The van der Waals surface area contributed by atoms with Crippen LogP contribution in [0.4, 0.5) is 0 Å². The van der Waals surface area contributed by atoms with Crippen molar-refractivity contribution in [3.05, 3.63) is 29.8 Å². The quantitative estimate of drug-likeness (QED) is 0.711. The summed E-state index contributed by atoms with van der Waals surface area (Å²) in [5.41, 5.74) is 6.56. The number of ether oxygens (including phenoxy) is 1. The second kappa shape index (κ2) is 8.27. The minimum atomic E-state index is -2.94. The number of rotatable bonds is 9. The maximum atomic E-state index is 11.8. The summed E-state index contributed by atoms with van der Waals surface area (Å²) in [6.07, 6.45) is 1.25. The first-order chi connectivity index (χ1) is 9.43. The fourth-order valence-electron chi connectivity index (χ4n) is 1.71. The first-order valence-corrected chi connectivity index (χ1v) is 8.87. The van der Waals surface area contributed by atoms with E-state index in [4.69, 9.17) is 10.5 Å². The van der Waals surface area contributed by atoms with E-state index in [1.54, 1.807) is 0 Å². The first-order valence-electron chi connectivity index (χ1n) is 7.05. The predicted molar refractivity (Wildman–Crippen MR) is 82.6 cm³/mol. The largest absolute Gasteiger partial charge is 0.494 e. The second-order valence-electron chi connectivity index (χ2n) is 5.38. The summed E-state index contributed by atoms with van der Waals surface area (Å²) in [5.74, 6) is 1.64. The third kappa shape index (κ3) is 6.91. The van der Waals surface area contributed by atoms with Crippen molar-refractivity contribution in [1.29, 1.82) is 0 Å². The van der Waals surface area contributed by atoms with Gasteiger partial charge < -0.3 is 10.5 Å². The van der Waals surface area contributed by atoms with Crippen LogP contribution >= 0.6 is 0 Å². The molecule has 0 aliphatic heterocycles. The maximum Gasteiger partial charge on any atom is 0.150 e. The van der Waals surface area contributed by atoms with Crippen LogP contribution in [-0.4, -0.2) is 26.5 Å². The van der Waals surface area contributed by atoms with Crippen LogP contribution in [0.5, 0.6) is 5.75 Å². The van der Waals surface area contributed by atoms with Gasteiger partial charge in [0.05, 0.1) is 18.1 Å². The summed E-state index contributed by atoms with van der Waals surface area (Å²) in [4.78, 5) is 0. The summed E-state index contributed by atoms with van der Waals surface area (Å²) in [6.45, 7) is 4.99. The molecular weight excluding hydrogens is 274 g/mol. The van der Waals surface area contributed by atoms with Gasteiger partial charge in [0.2, 0.25) is 0 Å². The molecule has 114 valence electrons. The third-order valence-electron chi connectivity index (χ3n) is 3.03. The second-order valence-corrected chi connectivity index (χ2v) is 7.69. The molecule has 0 heterocycles. The molecule has 0 saturated carbocycles. The maximum absolute atomic E-state index is 11.8. The average Bonchev–Trinajstić information content (AvgIpc) is 2.42. The Kier molecular flexibility index (Phi) is 7.02. The minimum Gasteiger partial charge on any atom is -0.494 e. The molecule has 0 amide bonds. The van der Waals surface area contributed by atoms with Crippen molar-refractivity contribution in [2.45, 2.75) is 33.2 Å². The number of hydrogen-bond acceptors (Lipinski definition) is 4. The highest BCUT2D eigenvalue weighted by molar-refractivity contribution is 7.91. The molecule has 0 saturated heterocycles. The molecule has 0 spiro atoms. The molecule has 1 aromatic rings. The van der Waals surface area contributed by atoms with Crippen molar-refractivity contribution in [1.82, 2.24) is 0 Å². The molecule has 0 unspecified atom stereocenters. The molecule has 5 heteroatoms. The molecule has 0 aliphatic carbocycles. The molecular formula is C15H25NO3S. The highest BCUT2D eigenvalue weighted by Gasteiger charge is 2.11. The van der Waals surface area contributed by atoms with E-state index in [9.17, 15) is 8.42 Å². The number of nitrogens with two attached hydrogens (primary N) is 1. The van der Waals surface area contributed by atoms with Crippen molar-refractivity contribution >= 4 is 9.84 Å². The van der Waals surface area contributed by atoms with E-state index < -0.39 is 9.84 Å². The Labute approximate surface area is 122 Å². The van der Waals surface area contributed by atoms with Crippen LogP contribution < -0.4 is 10.5 Å². The van der Waals surface area contributed by atoms with E-state index in [1.165, 1.54) is 0 Å². The van der Waals surface area contributed by atoms with E-state index in [2.05, 4.69) is 0 Å². The van der Waals surface area contributed by atoms with Crippen molar-refractivity contribution < 1.29 is 13.2 Å². The molecule has 2 N–H and O–H groups in total. The first kappa shape index (κ1) is 17.0. The van der Waals surface area contributed by atoms with E-state index >= 15 is 0 Å². The lowest BCUT2D eigenvalue weighted by Gasteiger charge is -2.08. The Balaban J connectivity index is 2.26. The monoisotopic (exact) mass is 299 g/mol. The molecule has 0 fully saturated rings. The van der Waals surface area contributed by atoms with Crippen LogP contribution in [0.15, 0.2) is 24.3 Å². The normalized spacial score (nSPS) is 11.8. The van der Waals surface area contributed by atoms with Gasteiger partial charge in [-0.25, -0.2) is 8.42 Å². The van der Waals surface area contributed by atoms with E-state index in [-0.39, 0.29) is 11.5 Å². The Hall–Kier alpha value is -1.07. The van der Waals surface area contributed by atoms with Crippen molar-refractivity contribution in [3.63, 3.8) is 0 Å². The van der Waals surface area contributed by atoms with E-state index in [0.29, 0.717) is 25.5 Å². The van der Waals surface area contributed by atoms with Gasteiger partial charge in [-0.15, -0.1) is 0 Å². The van der Waals surface area contributed by atoms with Gasteiger partial charge >= 0.3 is 0 Å². The molecule has 0 aliphatic rings. The fourth-order valence-corrected chi connectivity index (χ4v) is 3.30. The van der Waals surface area contributed by atoms with Gasteiger partial charge in [0.25, 0.3) is 0 Å². The van der Waals surface area contributed by atoms with Crippen molar-refractivity contribution in [3.8, 4) is 5.75 Å². The van der Waals surface area contributed by atoms with Gasteiger partial charge in [0.15, 0.2) is 0 Å². The predicted octanol–water partition coefficient (Wildman–Crippen LogP) is 2.38. The summed E-state index contributed by atoms with van der Waals surface area (Å²) in [5, 5.41) is 0. The Morgan fingerprint density at radius 3 is 2.35 bits per heavy atom. The summed E-state index contributed by atoms with van der Waals surface area (Å²) in [7, 11) is -2.94. The highest BCUT2D eigenvalue weighted by Crippen LogP contribution is 2.12. The standard InChI is InChI=1S/C15H25NO3S/c1-13(2)8-11-20(17,18)10-3-9-19-15-6-4-14(12-16)5-7-15/h4-7,13H,3,8-12,16H2,1-2H3. The summed E-state index contributed by atoms with van der Waals surface area (Å²) >= 11 is 0. The van der Waals surface area contributed by atoms with Gasteiger partial charge in [-0.1, -0.05) is 26.0 Å². The Morgan fingerprint density at radius 2 is 1.80 bits per heavy atom. The molecule has 0 radical (unpaired) electrons. The van der Waals surface area contributed by atoms with E-state index in [1.807, 2.05) is 38.1 Å². The zero-order valence-electron chi connectivity index (χ0n) is 12.3. The number of hydrogen-bond donors (Lipinski definition) is 1. The molecule has 0 atom stereocenters. The van der Waals surface area contributed by atoms with Crippen LogP contribution in [0.2, 0.25) is 0 Å². The minimum absolute atomic E-state index is 0.195. The molecule has 20 heavy (non-hydrogen) atoms. The topological polar surface area (TPSA) is 69.4 Å². The number of benzene rings is 1. The molecule has 0 bridgehead atoms. The average molecular weight is 299 g/mol. The van der Waals surface area contributed by atoms with Crippen LogP contribution in [0.1, 0.15) is 32.3 Å².